The summed E-state index contributed by atoms with van der Waals surface area (Å²) in [6.45, 7) is 3.33. The van der Waals surface area contributed by atoms with E-state index in [9.17, 15) is 9.59 Å². The molecule has 2 aromatic rings. The van der Waals surface area contributed by atoms with Crippen LogP contribution in [0.15, 0.2) is 29.1 Å². The van der Waals surface area contributed by atoms with Gasteiger partial charge in [0, 0.05) is 18.3 Å². The molecule has 1 aromatic heterocycles. The molecule has 1 amide bonds. The van der Waals surface area contributed by atoms with Gasteiger partial charge in [-0.15, -0.1) is 0 Å². The van der Waals surface area contributed by atoms with E-state index in [0.29, 0.717) is 18.9 Å². The van der Waals surface area contributed by atoms with E-state index in [2.05, 4.69) is 17.2 Å². The number of carbonyl (C=O) groups is 1. The fourth-order valence-corrected chi connectivity index (χ4v) is 3.53. The van der Waals surface area contributed by atoms with E-state index in [1.54, 1.807) is 13.2 Å². The number of nitrogens with two attached hydrogens (primary N) is 1. The van der Waals surface area contributed by atoms with Crippen molar-refractivity contribution in [2.75, 3.05) is 13.7 Å². The largest absolute Gasteiger partial charge is 0.493 e. The minimum atomic E-state index is -0.708. The number of hydrogen-bond donors (Lipinski definition) is 3. The third-order valence-electron chi connectivity index (χ3n) is 4.96. The molecule has 0 saturated carbocycles. The second kappa shape index (κ2) is 8.93. The summed E-state index contributed by atoms with van der Waals surface area (Å²) < 4.78 is 11.1. The molecule has 150 valence electrons. The van der Waals surface area contributed by atoms with Crippen LogP contribution in [0.4, 0.5) is 0 Å². The van der Waals surface area contributed by atoms with E-state index in [4.69, 9.17) is 15.2 Å². The van der Waals surface area contributed by atoms with Crippen LogP contribution in [-0.4, -0.2) is 24.6 Å². The Kier molecular flexibility index (Phi) is 6.36. The lowest BCUT2D eigenvalue weighted by Gasteiger charge is -2.26. The summed E-state index contributed by atoms with van der Waals surface area (Å²) in [5.74, 6) is 0.734. The van der Waals surface area contributed by atoms with Gasteiger partial charge in [-0.2, -0.15) is 0 Å². The smallest absolute Gasteiger partial charge is 0.261 e. The number of nitrogens with one attached hydrogen (secondary N) is 2. The molecule has 1 heterocycles. The molecule has 0 saturated heterocycles. The Morgan fingerprint density at radius 2 is 2.14 bits per heavy atom. The summed E-state index contributed by atoms with van der Waals surface area (Å²) in [5.41, 5.74) is 7.80. The number of fused-ring (bicyclic) bond motifs is 1. The van der Waals surface area contributed by atoms with Gasteiger partial charge in [-0.1, -0.05) is 13.0 Å². The van der Waals surface area contributed by atoms with E-state index >= 15 is 0 Å². The van der Waals surface area contributed by atoms with Crippen LogP contribution in [0.1, 0.15) is 59.4 Å². The van der Waals surface area contributed by atoms with Crippen molar-refractivity contribution >= 4 is 5.91 Å². The number of rotatable bonds is 8. The quantitative estimate of drug-likeness (QED) is 0.647. The van der Waals surface area contributed by atoms with Crippen LogP contribution in [0.5, 0.6) is 11.5 Å². The SMILES string of the molecule is CCCOc1ccc(CNC2CCCc3[nH]c(=O)c(C(N)=O)cc32)cc1OC. The molecular formula is C21H27N3O4. The zero-order valence-corrected chi connectivity index (χ0v) is 16.3. The van der Waals surface area contributed by atoms with Gasteiger partial charge in [0.2, 0.25) is 0 Å². The molecule has 0 radical (unpaired) electrons. The molecule has 3 rings (SSSR count). The molecule has 0 fully saturated rings. The average Bonchev–Trinajstić information content (AvgIpc) is 2.70. The first-order valence-electron chi connectivity index (χ1n) is 9.62. The summed E-state index contributed by atoms with van der Waals surface area (Å²) in [6.07, 6.45) is 3.61. The molecule has 0 bridgehead atoms. The van der Waals surface area contributed by atoms with Crippen LogP contribution in [0.2, 0.25) is 0 Å². The summed E-state index contributed by atoms with van der Waals surface area (Å²) in [6, 6.07) is 7.56. The Hall–Kier alpha value is -2.80. The highest BCUT2D eigenvalue weighted by molar-refractivity contribution is 5.92. The number of methoxy groups -OCH3 is 1. The first-order chi connectivity index (χ1) is 13.5. The second-order valence-corrected chi connectivity index (χ2v) is 6.97. The van der Waals surface area contributed by atoms with E-state index < -0.39 is 11.5 Å². The molecule has 1 aromatic carbocycles. The number of amides is 1. The Bertz CT molecular complexity index is 907. The molecule has 7 nitrogen and oxygen atoms in total. The van der Waals surface area contributed by atoms with Crippen molar-refractivity contribution in [3.05, 3.63) is 57.0 Å². The highest BCUT2D eigenvalue weighted by Crippen LogP contribution is 2.31. The van der Waals surface area contributed by atoms with Gasteiger partial charge in [0.25, 0.3) is 11.5 Å². The van der Waals surface area contributed by atoms with Crippen LogP contribution in [0, 0.1) is 0 Å². The molecule has 1 aliphatic carbocycles. The Morgan fingerprint density at radius 1 is 1.32 bits per heavy atom. The minimum absolute atomic E-state index is 0.00606. The van der Waals surface area contributed by atoms with Crippen LogP contribution in [0.3, 0.4) is 0 Å². The first-order valence-corrected chi connectivity index (χ1v) is 9.62. The number of pyridine rings is 1. The van der Waals surface area contributed by atoms with Gasteiger partial charge in [0.05, 0.1) is 13.7 Å². The lowest BCUT2D eigenvalue weighted by molar-refractivity contribution is 0.0998. The zero-order chi connectivity index (χ0) is 20.1. The maximum absolute atomic E-state index is 12.0. The molecule has 1 aliphatic rings. The summed E-state index contributed by atoms with van der Waals surface area (Å²) >= 11 is 0. The Balaban J connectivity index is 1.76. The normalized spacial score (nSPS) is 15.7. The van der Waals surface area contributed by atoms with Crippen molar-refractivity contribution in [3.8, 4) is 11.5 Å². The van der Waals surface area contributed by atoms with E-state index in [1.807, 2.05) is 18.2 Å². The zero-order valence-electron chi connectivity index (χ0n) is 16.3. The minimum Gasteiger partial charge on any atom is -0.493 e. The third-order valence-corrected chi connectivity index (χ3v) is 4.96. The Morgan fingerprint density at radius 3 is 2.86 bits per heavy atom. The summed E-state index contributed by atoms with van der Waals surface area (Å²) in [4.78, 5) is 26.3. The van der Waals surface area contributed by atoms with Crippen molar-refractivity contribution in [2.45, 2.75) is 45.2 Å². The maximum Gasteiger partial charge on any atom is 0.261 e. The van der Waals surface area contributed by atoms with Crippen molar-refractivity contribution in [1.29, 1.82) is 0 Å². The molecule has 4 N–H and O–H groups in total. The number of ether oxygens (including phenoxy) is 2. The van der Waals surface area contributed by atoms with Gasteiger partial charge in [0.1, 0.15) is 5.56 Å². The van der Waals surface area contributed by atoms with Crippen LogP contribution in [-0.2, 0) is 13.0 Å². The van der Waals surface area contributed by atoms with E-state index in [0.717, 1.165) is 48.3 Å². The topological polar surface area (TPSA) is 106 Å². The number of aryl methyl sites for hydroxylation is 1. The number of benzene rings is 1. The van der Waals surface area contributed by atoms with Gasteiger partial charge in [-0.05, 0) is 55.0 Å². The fourth-order valence-electron chi connectivity index (χ4n) is 3.53. The lowest BCUT2D eigenvalue weighted by atomic mass is 9.90. The van der Waals surface area contributed by atoms with Gasteiger partial charge >= 0.3 is 0 Å². The third kappa shape index (κ3) is 4.36. The predicted octanol–water partition coefficient (Wildman–Crippen LogP) is 2.44. The van der Waals surface area contributed by atoms with E-state index in [1.165, 1.54) is 0 Å². The molecule has 1 unspecified atom stereocenters. The van der Waals surface area contributed by atoms with Crippen molar-refractivity contribution in [1.82, 2.24) is 10.3 Å². The summed E-state index contributed by atoms with van der Waals surface area (Å²) in [5, 5.41) is 3.52. The Labute approximate surface area is 164 Å². The van der Waals surface area contributed by atoms with E-state index in [-0.39, 0.29) is 11.6 Å². The number of aromatic amines is 1. The number of H-pyrrole nitrogens is 1. The predicted molar refractivity (Wildman–Crippen MR) is 107 cm³/mol. The molecular weight excluding hydrogens is 358 g/mol. The molecule has 0 spiro atoms. The highest BCUT2D eigenvalue weighted by Gasteiger charge is 2.23. The van der Waals surface area contributed by atoms with Gasteiger partial charge < -0.3 is 25.5 Å². The number of carbonyl (C=O) groups excluding carboxylic acids is 1. The standard InChI is InChI=1S/C21H27N3O4/c1-3-9-28-18-8-7-13(10-19(18)27-2)12-23-16-5-4-6-17-14(16)11-15(20(22)25)21(26)24-17/h7-8,10-11,16,23H,3-6,9,12H2,1-2H3,(H2,22,25)(H,24,26). The lowest BCUT2D eigenvalue weighted by Crippen LogP contribution is -2.31. The molecule has 0 aliphatic heterocycles. The van der Waals surface area contributed by atoms with Gasteiger partial charge in [-0.25, -0.2) is 0 Å². The molecule has 7 heteroatoms. The molecule has 28 heavy (non-hydrogen) atoms. The van der Waals surface area contributed by atoms with Crippen molar-refractivity contribution in [3.63, 3.8) is 0 Å². The average molecular weight is 385 g/mol. The first kappa shape index (κ1) is 19.9. The maximum atomic E-state index is 12.0. The van der Waals surface area contributed by atoms with Crippen molar-refractivity contribution in [2.24, 2.45) is 5.73 Å². The monoisotopic (exact) mass is 385 g/mol. The second-order valence-electron chi connectivity index (χ2n) is 6.97. The van der Waals surface area contributed by atoms with Gasteiger partial charge in [0.15, 0.2) is 11.5 Å². The van der Waals surface area contributed by atoms with Crippen molar-refractivity contribution < 1.29 is 14.3 Å². The number of aromatic nitrogens is 1. The summed E-state index contributed by atoms with van der Waals surface area (Å²) in [7, 11) is 1.63. The molecule has 1 atom stereocenters. The van der Waals surface area contributed by atoms with Crippen LogP contribution in [0.25, 0.3) is 0 Å². The van der Waals surface area contributed by atoms with Gasteiger partial charge in [-0.3, -0.25) is 9.59 Å². The fraction of sp³-hybridized carbons (Fsp3) is 0.429. The van der Waals surface area contributed by atoms with Crippen LogP contribution < -0.4 is 26.1 Å². The van der Waals surface area contributed by atoms with Crippen LogP contribution >= 0.6 is 0 Å². The number of hydrogen-bond acceptors (Lipinski definition) is 5. The number of primary amides is 1. The highest BCUT2D eigenvalue weighted by atomic mass is 16.5.